The Morgan fingerprint density at radius 3 is 2.71 bits per heavy atom. The maximum atomic E-state index is 13.1. The Morgan fingerprint density at radius 1 is 1.18 bits per heavy atom. The minimum absolute atomic E-state index is 0.126. The summed E-state index contributed by atoms with van der Waals surface area (Å²) in [5.41, 5.74) is 8.07. The SMILES string of the molecule is NCCN1CCc2nc(C(=O)N[C@H]3CCCC[C@H]3NC(=O)c3cc4cc(Cl)ccc4[nH]3)sc2C1. The summed E-state index contributed by atoms with van der Waals surface area (Å²) in [6, 6.07) is 7.04. The summed E-state index contributed by atoms with van der Waals surface area (Å²) >= 11 is 7.54. The van der Waals surface area contributed by atoms with Crippen LogP contribution in [0.4, 0.5) is 0 Å². The maximum Gasteiger partial charge on any atom is 0.280 e. The molecule has 1 saturated carbocycles. The van der Waals surface area contributed by atoms with Gasteiger partial charge in [-0.15, -0.1) is 11.3 Å². The van der Waals surface area contributed by atoms with Gasteiger partial charge in [0, 0.05) is 65.5 Å². The summed E-state index contributed by atoms with van der Waals surface area (Å²) in [4.78, 5) is 37.3. The molecule has 5 rings (SSSR count). The molecule has 0 spiro atoms. The summed E-state index contributed by atoms with van der Waals surface area (Å²) in [5.74, 6) is -0.334. The van der Waals surface area contributed by atoms with E-state index in [0.717, 1.165) is 73.2 Å². The first-order valence-corrected chi connectivity index (χ1v) is 13.0. The van der Waals surface area contributed by atoms with Gasteiger partial charge >= 0.3 is 0 Å². The third-order valence-corrected chi connectivity index (χ3v) is 7.99. The van der Waals surface area contributed by atoms with Gasteiger partial charge in [-0.2, -0.15) is 0 Å². The standard InChI is InChI=1S/C24H29ClN6O2S/c25-15-5-6-16-14(11-15)12-20(27-16)22(32)28-17-3-1-2-4-18(17)29-23(33)24-30-19-7-9-31(10-8-26)13-21(19)34-24/h5-6,11-12,17-18,27H,1-4,7-10,13,26H2,(H,28,32)(H,29,33)/t17-,18+/m1/s1. The van der Waals surface area contributed by atoms with Crippen LogP contribution in [0.1, 0.15) is 56.5 Å². The van der Waals surface area contributed by atoms with E-state index in [9.17, 15) is 9.59 Å². The number of rotatable bonds is 6. The normalized spacial score (nSPS) is 20.8. The summed E-state index contributed by atoms with van der Waals surface area (Å²) in [6.07, 6.45) is 4.53. The van der Waals surface area contributed by atoms with Crippen molar-refractivity contribution in [2.75, 3.05) is 19.6 Å². The van der Waals surface area contributed by atoms with Crippen molar-refractivity contribution in [3.05, 3.63) is 50.6 Å². The molecule has 2 amide bonds. The van der Waals surface area contributed by atoms with E-state index in [1.54, 1.807) is 12.1 Å². The van der Waals surface area contributed by atoms with E-state index in [2.05, 4.69) is 25.5 Å². The summed E-state index contributed by atoms with van der Waals surface area (Å²) in [7, 11) is 0. The van der Waals surface area contributed by atoms with Gasteiger partial charge in [-0.05, 0) is 37.1 Å². The first-order valence-electron chi connectivity index (χ1n) is 11.8. The Morgan fingerprint density at radius 2 is 1.94 bits per heavy atom. The monoisotopic (exact) mass is 500 g/mol. The third-order valence-electron chi connectivity index (χ3n) is 6.68. The number of hydrogen-bond donors (Lipinski definition) is 4. The van der Waals surface area contributed by atoms with Crippen LogP contribution in [0.5, 0.6) is 0 Å². The Labute approximate surface area is 207 Å². The number of fused-ring (bicyclic) bond motifs is 2. The van der Waals surface area contributed by atoms with Crippen LogP contribution in [0.3, 0.4) is 0 Å². The number of benzene rings is 1. The summed E-state index contributed by atoms with van der Waals surface area (Å²) < 4.78 is 0. The van der Waals surface area contributed by atoms with Crippen molar-refractivity contribution >= 4 is 45.7 Å². The van der Waals surface area contributed by atoms with Gasteiger partial charge in [-0.3, -0.25) is 14.5 Å². The Balaban J connectivity index is 1.25. The number of nitrogens with one attached hydrogen (secondary N) is 3. The zero-order valence-corrected chi connectivity index (χ0v) is 20.5. The molecule has 2 aliphatic rings. The zero-order valence-electron chi connectivity index (χ0n) is 18.9. The van der Waals surface area contributed by atoms with Crippen molar-refractivity contribution < 1.29 is 9.59 Å². The van der Waals surface area contributed by atoms with Gasteiger partial charge in [-0.25, -0.2) is 4.98 Å². The van der Waals surface area contributed by atoms with Gasteiger partial charge in [0.25, 0.3) is 11.8 Å². The van der Waals surface area contributed by atoms with E-state index in [4.69, 9.17) is 17.3 Å². The topological polar surface area (TPSA) is 116 Å². The molecule has 10 heteroatoms. The molecule has 1 aliphatic heterocycles. The fourth-order valence-electron chi connectivity index (χ4n) is 4.90. The Bertz CT molecular complexity index is 1210. The summed E-state index contributed by atoms with van der Waals surface area (Å²) in [5, 5.41) is 8.31. The Kier molecular flexibility index (Phi) is 6.87. The second-order valence-corrected chi connectivity index (χ2v) is 10.6. The number of halogens is 1. The number of nitrogens with two attached hydrogens (primary N) is 1. The van der Waals surface area contributed by atoms with Gasteiger partial charge in [0.05, 0.1) is 5.69 Å². The summed E-state index contributed by atoms with van der Waals surface area (Å²) in [6.45, 7) is 3.20. The molecule has 8 nitrogen and oxygen atoms in total. The molecule has 0 radical (unpaired) electrons. The van der Waals surface area contributed by atoms with Crippen LogP contribution >= 0.6 is 22.9 Å². The second-order valence-electron chi connectivity index (χ2n) is 9.06. The highest BCUT2D eigenvalue weighted by atomic mass is 35.5. The van der Waals surface area contributed by atoms with Crippen molar-refractivity contribution in [2.24, 2.45) is 5.73 Å². The van der Waals surface area contributed by atoms with Crippen LogP contribution in [0.2, 0.25) is 5.02 Å². The molecule has 0 saturated heterocycles. The van der Waals surface area contributed by atoms with Crippen LogP contribution in [-0.4, -0.2) is 58.4 Å². The number of aromatic amines is 1. The zero-order chi connectivity index (χ0) is 23.7. The number of carbonyl (C=O) groups excluding carboxylic acids is 2. The lowest BCUT2D eigenvalue weighted by Crippen LogP contribution is -2.53. The van der Waals surface area contributed by atoms with Crippen LogP contribution in [0, 0.1) is 0 Å². The van der Waals surface area contributed by atoms with Crippen molar-refractivity contribution in [2.45, 2.75) is 50.7 Å². The molecule has 2 atom stereocenters. The van der Waals surface area contributed by atoms with Crippen LogP contribution in [-0.2, 0) is 13.0 Å². The fraction of sp³-hybridized carbons (Fsp3) is 0.458. The molecule has 0 bridgehead atoms. The van der Waals surface area contributed by atoms with Crippen molar-refractivity contribution in [3.8, 4) is 0 Å². The van der Waals surface area contributed by atoms with Gasteiger partial charge < -0.3 is 21.4 Å². The molecule has 0 unspecified atom stereocenters. The number of thiazole rings is 1. The molecular weight excluding hydrogens is 472 g/mol. The number of amides is 2. The minimum atomic E-state index is -0.178. The highest BCUT2D eigenvalue weighted by molar-refractivity contribution is 7.13. The minimum Gasteiger partial charge on any atom is -0.351 e. The van der Waals surface area contributed by atoms with Gasteiger partial charge in [0.15, 0.2) is 5.01 Å². The maximum absolute atomic E-state index is 13.1. The highest BCUT2D eigenvalue weighted by Gasteiger charge is 2.30. The smallest absolute Gasteiger partial charge is 0.280 e. The van der Waals surface area contributed by atoms with Crippen molar-refractivity contribution in [3.63, 3.8) is 0 Å². The molecule has 3 aromatic rings. The average Bonchev–Trinajstić information content (AvgIpc) is 3.44. The second kappa shape index (κ2) is 10.0. The fourth-order valence-corrected chi connectivity index (χ4v) is 6.13. The van der Waals surface area contributed by atoms with E-state index < -0.39 is 0 Å². The lowest BCUT2D eigenvalue weighted by Gasteiger charge is -2.32. The lowest BCUT2D eigenvalue weighted by atomic mass is 9.90. The van der Waals surface area contributed by atoms with Crippen LogP contribution < -0.4 is 16.4 Å². The molecule has 34 heavy (non-hydrogen) atoms. The molecule has 180 valence electrons. The van der Waals surface area contributed by atoms with Crippen LogP contribution in [0.25, 0.3) is 10.9 Å². The number of hydrogen-bond acceptors (Lipinski definition) is 6. The van der Waals surface area contributed by atoms with E-state index in [0.29, 0.717) is 22.3 Å². The van der Waals surface area contributed by atoms with Gasteiger partial charge in [0.1, 0.15) is 5.69 Å². The molecule has 1 fully saturated rings. The van der Waals surface area contributed by atoms with Crippen LogP contribution in [0.15, 0.2) is 24.3 Å². The van der Waals surface area contributed by atoms with Crippen molar-refractivity contribution in [1.29, 1.82) is 0 Å². The molecule has 1 aromatic carbocycles. The van der Waals surface area contributed by atoms with E-state index in [1.165, 1.54) is 11.3 Å². The number of aromatic nitrogens is 2. The quantitative estimate of drug-likeness (QED) is 0.415. The largest absolute Gasteiger partial charge is 0.351 e. The number of carbonyl (C=O) groups is 2. The van der Waals surface area contributed by atoms with E-state index in [-0.39, 0.29) is 23.9 Å². The predicted octanol–water partition coefficient (Wildman–Crippen LogP) is 3.07. The molecule has 3 heterocycles. The van der Waals surface area contributed by atoms with Crippen molar-refractivity contribution in [1.82, 2.24) is 25.5 Å². The highest BCUT2D eigenvalue weighted by Crippen LogP contribution is 2.26. The molecule has 1 aliphatic carbocycles. The van der Waals surface area contributed by atoms with Gasteiger partial charge in [0.2, 0.25) is 0 Å². The third kappa shape index (κ3) is 4.98. The number of H-pyrrole nitrogens is 1. The number of nitrogens with zero attached hydrogens (tertiary/aromatic N) is 2. The van der Waals surface area contributed by atoms with E-state index in [1.807, 2.05) is 12.1 Å². The lowest BCUT2D eigenvalue weighted by molar-refractivity contribution is 0.0860. The first kappa shape index (κ1) is 23.3. The Hall–Kier alpha value is -2.46. The predicted molar refractivity (Wildman–Crippen MR) is 134 cm³/mol. The molecule has 2 aromatic heterocycles. The average molecular weight is 501 g/mol. The van der Waals surface area contributed by atoms with Gasteiger partial charge in [-0.1, -0.05) is 24.4 Å². The molecular formula is C24H29ClN6O2S. The van der Waals surface area contributed by atoms with E-state index >= 15 is 0 Å². The first-order chi connectivity index (χ1) is 16.5. The molecule has 5 N–H and O–H groups in total.